The Morgan fingerprint density at radius 3 is 2.86 bits per heavy atom. The molecule has 0 bridgehead atoms. The van der Waals surface area contributed by atoms with Crippen LogP contribution in [0.1, 0.15) is 54.4 Å². The van der Waals surface area contributed by atoms with Crippen molar-refractivity contribution in [2.75, 3.05) is 6.61 Å². The van der Waals surface area contributed by atoms with Gasteiger partial charge in [0.05, 0.1) is 12.7 Å². The number of ketones is 1. The van der Waals surface area contributed by atoms with Gasteiger partial charge in [0.1, 0.15) is 5.75 Å². The van der Waals surface area contributed by atoms with Crippen LogP contribution in [0.15, 0.2) is 30.4 Å². The molecule has 0 aromatic heterocycles. The molecule has 3 rings (SSSR count). The van der Waals surface area contributed by atoms with Crippen LogP contribution in [0.2, 0.25) is 0 Å². The number of alkyl halides is 1. The predicted octanol–water partition coefficient (Wildman–Crippen LogP) is 4.00. The van der Waals surface area contributed by atoms with E-state index in [0.29, 0.717) is 32.3 Å². The lowest BCUT2D eigenvalue weighted by Gasteiger charge is -2.23. The number of carboxylic acids is 1. The Morgan fingerprint density at radius 2 is 2.07 bits per heavy atom. The number of hydrogen-bond acceptors (Lipinski definition) is 4. The van der Waals surface area contributed by atoms with E-state index in [1.807, 2.05) is 30.4 Å². The average molecular weight is 407 g/mol. The second-order valence-electron chi connectivity index (χ2n) is 7.66. The number of carbonyl (C=O) groups excluding carboxylic acids is 1. The Hall–Kier alpha value is -1.85. The molecule has 0 amide bonds. The number of carboxylic acid groups (broad SMARTS) is 1. The summed E-state index contributed by atoms with van der Waals surface area (Å²) in [7, 11) is 0. The third-order valence-electron chi connectivity index (χ3n) is 5.78. The van der Waals surface area contributed by atoms with E-state index in [-0.39, 0.29) is 29.4 Å². The van der Waals surface area contributed by atoms with Crippen LogP contribution in [0.5, 0.6) is 5.75 Å². The van der Waals surface area contributed by atoms with Gasteiger partial charge in [-0.2, -0.15) is 0 Å². The van der Waals surface area contributed by atoms with Crippen molar-refractivity contribution in [1.29, 1.82) is 0 Å². The van der Waals surface area contributed by atoms with Crippen LogP contribution in [0.3, 0.4) is 0 Å². The van der Waals surface area contributed by atoms with Crippen LogP contribution in [0.25, 0.3) is 0 Å². The molecule has 0 spiro atoms. The normalized spacial score (nSPS) is 26.7. The number of halogens is 1. The number of rotatable bonds is 9. The van der Waals surface area contributed by atoms with E-state index in [0.717, 1.165) is 29.7 Å². The van der Waals surface area contributed by atoms with E-state index >= 15 is 0 Å². The molecule has 2 aliphatic rings. The number of unbranched alkanes of at least 4 members (excludes halogenated alkanes) is 1. The van der Waals surface area contributed by atoms with Gasteiger partial charge < -0.3 is 14.9 Å². The minimum Gasteiger partial charge on any atom is -0.493 e. The van der Waals surface area contributed by atoms with E-state index in [2.05, 4.69) is 0 Å². The monoisotopic (exact) mass is 406 g/mol. The highest BCUT2D eigenvalue weighted by molar-refractivity contribution is 6.21. The Labute approximate surface area is 170 Å². The van der Waals surface area contributed by atoms with Gasteiger partial charge in [-0.1, -0.05) is 24.3 Å². The molecule has 0 heterocycles. The fourth-order valence-electron chi connectivity index (χ4n) is 4.21. The lowest BCUT2D eigenvalue weighted by molar-refractivity contribution is -0.137. The maximum atomic E-state index is 11.9. The molecule has 0 saturated heterocycles. The minimum atomic E-state index is -0.778. The number of hydrogen-bond donors (Lipinski definition) is 2. The molecule has 1 aromatic carbocycles. The Balaban J connectivity index is 1.57. The first-order chi connectivity index (χ1) is 13.5. The number of allylic oxidation sites excluding steroid dienone is 2. The zero-order valence-electron chi connectivity index (χ0n) is 15.9. The molecule has 6 heteroatoms. The minimum absolute atomic E-state index is 0.0702. The number of carbonyl (C=O) groups is 2. The SMILES string of the molecule is O=C(O)CCC/C=C\C[C@@H]1[C@@H](COc2cccc3c2CCC3=O)[C@H](O)C[C@H]1Cl. The van der Waals surface area contributed by atoms with Crippen LogP contribution in [-0.4, -0.2) is 40.1 Å². The standard InChI is InChI=1S/C22H27ClO5/c23-18-12-20(25)17(14(18)6-3-1-2-4-9-22(26)27)13-28-21-8-5-7-15-16(21)10-11-19(15)24/h1,3,5,7-8,14,17-18,20,25H,2,4,6,9-13H2,(H,26,27)/b3-1-/t14-,17-,18-,20-/m1/s1. The fourth-order valence-corrected chi connectivity index (χ4v) is 4.68. The number of ether oxygens (including phenoxy) is 1. The number of Topliss-reactive ketones (excluding diaryl/α,β-unsaturated/α-hetero) is 1. The van der Waals surface area contributed by atoms with Gasteiger partial charge in [0, 0.05) is 35.3 Å². The van der Waals surface area contributed by atoms with E-state index in [1.165, 1.54) is 0 Å². The number of aliphatic carboxylic acids is 1. The molecule has 28 heavy (non-hydrogen) atoms. The van der Waals surface area contributed by atoms with Gasteiger partial charge in [-0.05, 0) is 44.1 Å². The molecule has 4 atom stereocenters. The summed E-state index contributed by atoms with van der Waals surface area (Å²) in [6.07, 6.45) is 7.54. The van der Waals surface area contributed by atoms with Crippen molar-refractivity contribution in [2.45, 2.75) is 56.4 Å². The summed E-state index contributed by atoms with van der Waals surface area (Å²) >= 11 is 6.47. The molecule has 0 aliphatic heterocycles. The first kappa shape index (κ1) is 20.9. The highest BCUT2D eigenvalue weighted by Gasteiger charge is 2.41. The molecule has 2 N–H and O–H groups in total. The lowest BCUT2D eigenvalue weighted by Crippen LogP contribution is -2.27. The van der Waals surface area contributed by atoms with Crippen molar-refractivity contribution in [2.24, 2.45) is 11.8 Å². The van der Waals surface area contributed by atoms with Crippen LogP contribution in [-0.2, 0) is 11.2 Å². The summed E-state index contributed by atoms with van der Waals surface area (Å²) in [5.41, 5.74) is 1.72. The molecular formula is C22H27ClO5. The van der Waals surface area contributed by atoms with E-state index in [9.17, 15) is 14.7 Å². The van der Waals surface area contributed by atoms with E-state index in [4.69, 9.17) is 21.4 Å². The third-order valence-corrected chi connectivity index (χ3v) is 6.28. The molecule has 2 aliphatic carbocycles. The summed E-state index contributed by atoms with van der Waals surface area (Å²) in [5, 5.41) is 19.0. The Kier molecular flexibility index (Phi) is 7.13. The summed E-state index contributed by atoms with van der Waals surface area (Å²) in [4.78, 5) is 22.4. The van der Waals surface area contributed by atoms with Crippen molar-refractivity contribution in [3.63, 3.8) is 0 Å². The fraction of sp³-hybridized carbons (Fsp3) is 0.545. The summed E-state index contributed by atoms with van der Waals surface area (Å²) in [6.45, 7) is 0.368. The number of fused-ring (bicyclic) bond motifs is 1. The number of aliphatic hydroxyl groups is 1. The molecule has 1 aromatic rings. The van der Waals surface area contributed by atoms with Crippen LogP contribution in [0.4, 0.5) is 0 Å². The van der Waals surface area contributed by atoms with Crippen molar-refractivity contribution < 1.29 is 24.5 Å². The summed E-state index contributed by atoms with van der Waals surface area (Å²) < 4.78 is 6.04. The van der Waals surface area contributed by atoms with Gasteiger partial charge in [-0.25, -0.2) is 0 Å². The van der Waals surface area contributed by atoms with Gasteiger partial charge in [0.15, 0.2) is 5.78 Å². The quantitative estimate of drug-likeness (QED) is 0.368. The van der Waals surface area contributed by atoms with Crippen LogP contribution < -0.4 is 4.74 Å². The van der Waals surface area contributed by atoms with E-state index < -0.39 is 12.1 Å². The molecule has 5 nitrogen and oxygen atoms in total. The first-order valence-electron chi connectivity index (χ1n) is 9.94. The highest BCUT2D eigenvalue weighted by Crippen LogP contribution is 2.39. The Bertz CT molecular complexity index is 744. The maximum Gasteiger partial charge on any atom is 0.303 e. The molecule has 1 saturated carbocycles. The Morgan fingerprint density at radius 1 is 1.25 bits per heavy atom. The summed E-state index contributed by atoms with van der Waals surface area (Å²) in [5.74, 6) is 0.147. The summed E-state index contributed by atoms with van der Waals surface area (Å²) in [6, 6.07) is 5.56. The largest absolute Gasteiger partial charge is 0.493 e. The molecule has 0 unspecified atom stereocenters. The predicted molar refractivity (Wildman–Crippen MR) is 107 cm³/mol. The van der Waals surface area contributed by atoms with Gasteiger partial charge in [0.25, 0.3) is 0 Å². The zero-order chi connectivity index (χ0) is 20.1. The van der Waals surface area contributed by atoms with Crippen molar-refractivity contribution >= 4 is 23.4 Å². The zero-order valence-corrected chi connectivity index (χ0v) is 16.6. The topological polar surface area (TPSA) is 83.8 Å². The van der Waals surface area contributed by atoms with Crippen LogP contribution in [0, 0.1) is 11.8 Å². The number of benzene rings is 1. The second-order valence-corrected chi connectivity index (χ2v) is 8.22. The highest BCUT2D eigenvalue weighted by atomic mass is 35.5. The maximum absolute atomic E-state index is 11.9. The molecular weight excluding hydrogens is 380 g/mol. The van der Waals surface area contributed by atoms with Gasteiger partial charge in [-0.3, -0.25) is 9.59 Å². The smallest absolute Gasteiger partial charge is 0.303 e. The molecule has 0 radical (unpaired) electrons. The van der Waals surface area contributed by atoms with Gasteiger partial charge in [0.2, 0.25) is 0 Å². The van der Waals surface area contributed by atoms with Gasteiger partial charge in [-0.15, -0.1) is 11.6 Å². The third kappa shape index (κ3) is 4.95. The second kappa shape index (κ2) is 9.57. The van der Waals surface area contributed by atoms with Crippen molar-refractivity contribution in [1.82, 2.24) is 0 Å². The van der Waals surface area contributed by atoms with Crippen molar-refractivity contribution in [3.8, 4) is 5.75 Å². The van der Waals surface area contributed by atoms with Crippen molar-refractivity contribution in [3.05, 3.63) is 41.5 Å². The molecule has 152 valence electrons. The lowest BCUT2D eigenvalue weighted by atomic mass is 9.92. The number of aliphatic hydroxyl groups excluding tert-OH is 1. The molecule has 1 fully saturated rings. The first-order valence-corrected chi connectivity index (χ1v) is 10.4. The van der Waals surface area contributed by atoms with E-state index in [1.54, 1.807) is 0 Å². The van der Waals surface area contributed by atoms with Gasteiger partial charge >= 0.3 is 5.97 Å². The average Bonchev–Trinajstić information content (AvgIpc) is 3.16. The van der Waals surface area contributed by atoms with Crippen LogP contribution >= 0.6 is 11.6 Å².